The summed E-state index contributed by atoms with van der Waals surface area (Å²) in [6.07, 6.45) is 3.55. The van der Waals surface area contributed by atoms with Crippen LogP contribution < -0.4 is 15.4 Å². The van der Waals surface area contributed by atoms with Crippen molar-refractivity contribution in [3.63, 3.8) is 0 Å². The number of hydrogen-bond acceptors (Lipinski definition) is 3. The van der Waals surface area contributed by atoms with Crippen molar-refractivity contribution >= 4 is 6.03 Å². The van der Waals surface area contributed by atoms with Gasteiger partial charge in [-0.3, -0.25) is 4.98 Å². The molecule has 0 spiro atoms. The number of urea groups is 1. The lowest BCUT2D eigenvalue weighted by Crippen LogP contribution is -2.38. The van der Waals surface area contributed by atoms with Crippen molar-refractivity contribution in [2.45, 2.75) is 45.9 Å². The molecule has 0 aliphatic heterocycles. The molecule has 0 saturated carbocycles. The van der Waals surface area contributed by atoms with E-state index in [9.17, 15) is 4.79 Å². The van der Waals surface area contributed by atoms with E-state index in [1.165, 1.54) is 0 Å². The molecule has 0 radical (unpaired) electrons. The van der Waals surface area contributed by atoms with Crippen LogP contribution in [0.15, 0.2) is 48.8 Å². The molecule has 5 nitrogen and oxygen atoms in total. The molecule has 2 rings (SSSR count). The third-order valence-corrected chi connectivity index (χ3v) is 3.63. The molecule has 0 saturated heterocycles. The molecule has 5 heteroatoms. The summed E-state index contributed by atoms with van der Waals surface area (Å²) in [5, 5.41) is 5.89. The zero-order valence-corrected chi connectivity index (χ0v) is 14.6. The minimum atomic E-state index is -0.206. The van der Waals surface area contributed by atoms with Crippen LogP contribution in [-0.2, 0) is 0 Å². The topological polar surface area (TPSA) is 63.2 Å². The summed E-state index contributed by atoms with van der Waals surface area (Å²) in [6.45, 7) is 7.87. The second-order valence-electron chi connectivity index (χ2n) is 6.08. The Morgan fingerprint density at radius 2 is 1.58 bits per heavy atom. The summed E-state index contributed by atoms with van der Waals surface area (Å²) in [5.74, 6) is 0.807. The van der Waals surface area contributed by atoms with Gasteiger partial charge in [0.2, 0.25) is 0 Å². The Morgan fingerprint density at radius 3 is 2.21 bits per heavy atom. The van der Waals surface area contributed by atoms with Crippen molar-refractivity contribution in [1.29, 1.82) is 0 Å². The Labute approximate surface area is 143 Å². The van der Waals surface area contributed by atoms with Crippen LogP contribution in [0.4, 0.5) is 4.79 Å². The van der Waals surface area contributed by atoms with E-state index in [0.29, 0.717) is 0 Å². The van der Waals surface area contributed by atoms with Gasteiger partial charge in [0.25, 0.3) is 0 Å². The van der Waals surface area contributed by atoms with Crippen molar-refractivity contribution in [1.82, 2.24) is 15.6 Å². The van der Waals surface area contributed by atoms with Crippen LogP contribution in [-0.4, -0.2) is 17.1 Å². The quantitative estimate of drug-likeness (QED) is 0.843. The van der Waals surface area contributed by atoms with Crippen molar-refractivity contribution < 1.29 is 9.53 Å². The van der Waals surface area contributed by atoms with Crippen molar-refractivity contribution in [2.75, 3.05) is 0 Å². The van der Waals surface area contributed by atoms with E-state index in [0.717, 1.165) is 16.9 Å². The largest absolute Gasteiger partial charge is 0.491 e. The van der Waals surface area contributed by atoms with Gasteiger partial charge in [-0.05, 0) is 63.1 Å². The van der Waals surface area contributed by atoms with Gasteiger partial charge >= 0.3 is 6.03 Å². The van der Waals surface area contributed by atoms with Crippen LogP contribution in [0.5, 0.6) is 5.75 Å². The summed E-state index contributed by atoms with van der Waals surface area (Å²) in [7, 11) is 0. The Balaban J connectivity index is 1.94. The normalized spacial score (nSPS) is 13.2. The Hall–Kier alpha value is -2.56. The number of ether oxygens (including phenoxy) is 1. The first-order valence-corrected chi connectivity index (χ1v) is 8.19. The smallest absolute Gasteiger partial charge is 0.315 e. The van der Waals surface area contributed by atoms with E-state index in [2.05, 4.69) is 15.6 Å². The van der Waals surface area contributed by atoms with Crippen LogP contribution in [0.2, 0.25) is 0 Å². The molecule has 24 heavy (non-hydrogen) atoms. The number of carbonyl (C=O) groups excluding carboxylic acids is 1. The van der Waals surface area contributed by atoms with Gasteiger partial charge in [0.15, 0.2) is 0 Å². The van der Waals surface area contributed by atoms with E-state index in [4.69, 9.17) is 4.74 Å². The average molecular weight is 327 g/mol. The lowest BCUT2D eigenvalue weighted by Gasteiger charge is -2.19. The number of hydrogen-bond donors (Lipinski definition) is 2. The minimum absolute atomic E-state index is 0.0872. The van der Waals surface area contributed by atoms with Gasteiger partial charge in [-0.1, -0.05) is 12.1 Å². The van der Waals surface area contributed by atoms with Crippen LogP contribution in [0.25, 0.3) is 0 Å². The maximum Gasteiger partial charge on any atom is 0.315 e. The lowest BCUT2D eigenvalue weighted by molar-refractivity contribution is 0.234. The maximum absolute atomic E-state index is 12.2. The first-order valence-electron chi connectivity index (χ1n) is 8.19. The van der Waals surface area contributed by atoms with E-state index < -0.39 is 0 Å². The fourth-order valence-corrected chi connectivity index (χ4v) is 2.38. The number of rotatable bonds is 6. The summed E-state index contributed by atoms with van der Waals surface area (Å²) >= 11 is 0. The fraction of sp³-hybridized carbons (Fsp3) is 0.368. The molecular formula is C19H25N3O2. The number of carbonyl (C=O) groups is 1. The molecule has 2 amide bonds. The van der Waals surface area contributed by atoms with Crippen LogP contribution in [0.3, 0.4) is 0 Å². The average Bonchev–Trinajstić information content (AvgIpc) is 2.55. The zero-order chi connectivity index (χ0) is 17.5. The molecule has 2 atom stereocenters. The van der Waals surface area contributed by atoms with Crippen molar-refractivity contribution in [3.05, 3.63) is 59.9 Å². The number of amides is 2. The van der Waals surface area contributed by atoms with Gasteiger partial charge in [-0.15, -0.1) is 0 Å². The zero-order valence-electron chi connectivity index (χ0n) is 14.6. The van der Waals surface area contributed by atoms with Crippen LogP contribution in [0.1, 0.15) is 50.9 Å². The molecule has 2 N–H and O–H groups in total. The number of aromatic nitrogens is 1. The number of nitrogens with zero attached hydrogens (tertiary/aromatic N) is 1. The highest BCUT2D eigenvalue weighted by Crippen LogP contribution is 2.20. The summed E-state index contributed by atoms with van der Waals surface area (Å²) < 4.78 is 5.70. The highest BCUT2D eigenvalue weighted by molar-refractivity contribution is 5.75. The fourth-order valence-electron chi connectivity index (χ4n) is 2.38. The second kappa shape index (κ2) is 8.34. The monoisotopic (exact) mass is 327 g/mol. The van der Waals surface area contributed by atoms with E-state index >= 15 is 0 Å². The van der Waals surface area contributed by atoms with Gasteiger partial charge in [0, 0.05) is 12.4 Å². The third kappa shape index (κ3) is 5.26. The van der Waals surface area contributed by atoms with E-state index in [-0.39, 0.29) is 24.2 Å². The molecule has 0 fully saturated rings. The highest BCUT2D eigenvalue weighted by atomic mass is 16.5. The molecule has 2 aromatic rings. The molecule has 128 valence electrons. The molecule has 0 bridgehead atoms. The summed E-state index contributed by atoms with van der Waals surface area (Å²) in [6, 6.07) is 11.2. The van der Waals surface area contributed by atoms with E-state index in [1.54, 1.807) is 12.4 Å². The Bertz CT molecular complexity index is 659. The first kappa shape index (κ1) is 17.8. The highest BCUT2D eigenvalue weighted by Gasteiger charge is 2.13. The van der Waals surface area contributed by atoms with Crippen molar-refractivity contribution in [3.8, 4) is 5.75 Å². The van der Waals surface area contributed by atoms with Gasteiger partial charge in [-0.2, -0.15) is 0 Å². The Morgan fingerprint density at radius 1 is 0.958 bits per heavy atom. The summed E-state index contributed by atoms with van der Waals surface area (Å²) in [4.78, 5) is 16.2. The molecule has 2 unspecified atom stereocenters. The first-order chi connectivity index (χ1) is 11.5. The molecule has 1 aromatic heterocycles. The van der Waals surface area contributed by atoms with Crippen LogP contribution in [0, 0.1) is 0 Å². The van der Waals surface area contributed by atoms with Gasteiger partial charge in [-0.25, -0.2) is 4.79 Å². The third-order valence-electron chi connectivity index (χ3n) is 3.63. The number of pyridine rings is 1. The van der Waals surface area contributed by atoms with Gasteiger partial charge < -0.3 is 15.4 Å². The minimum Gasteiger partial charge on any atom is -0.491 e. The molecular weight excluding hydrogens is 302 g/mol. The predicted octanol–water partition coefficient (Wildman–Crippen LogP) is 3.99. The second-order valence-corrected chi connectivity index (χ2v) is 6.08. The standard InChI is InChI=1S/C19H25N3O2/c1-13(2)24-18-7-5-6-17(12-18)15(4)22-19(23)21-14(3)16-8-10-20-11-9-16/h5-15H,1-4H3,(H2,21,22,23). The van der Waals surface area contributed by atoms with Crippen LogP contribution >= 0.6 is 0 Å². The van der Waals surface area contributed by atoms with Gasteiger partial charge in [0.05, 0.1) is 18.2 Å². The molecule has 1 heterocycles. The summed E-state index contributed by atoms with van der Waals surface area (Å²) in [5.41, 5.74) is 2.01. The number of nitrogens with one attached hydrogen (secondary N) is 2. The van der Waals surface area contributed by atoms with Crippen molar-refractivity contribution in [2.24, 2.45) is 0 Å². The predicted molar refractivity (Wildman–Crippen MR) is 94.9 cm³/mol. The molecule has 0 aliphatic rings. The lowest BCUT2D eigenvalue weighted by atomic mass is 10.1. The number of benzene rings is 1. The van der Waals surface area contributed by atoms with E-state index in [1.807, 2.05) is 64.1 Å². The van der Waals surface area contributed by atoms with Gasteiger partial charge in [0.1, 0.15) is 5.75 Å². The maximum atomic E-state index is 12.2. The molecule has 0 aliphatic carbocycles. The molecule has 1 aromatic carbocycles. The Kier molecular flexibility index (Phi) is 6.18. The SMILES string of the molecule is CC(C)Oc1cccc(C(C)NC(=O)NC(C)c2ccncc2)c1.